The molecule has 0 fully saturated rings. The van der Waals surface area contributed by atoms with E-state index in [1.165, 1.54) is 41.2 Å². The number of nitrogens with zero attached hydrogens (tertiary/aromatic N) is 1. The van der Waals surface area contributed by atoms with Gasteiger partial charge in [0, 0.05) is 20.6 Å². The number of thiazole rings is 1. The Bertz CT molecular complexity index is 1920. The molecular formula is C39H39F6NOS2Si. The quantitative estimate of drug-likeness (QED) is 0.0878. The highest BCUT2D eigenvalue weighted by Gasteiger charge is 2.38. The first-order valence-corrected chi connectivity index (χ1v) is 20.8. The van der Waals surface area contributed by atoms with E-state index in [0.717, 1.165) is 62.8 Å². The molecule has 0 amide bonds. The van der Waals surface area contributed by atoms with E-state index in [-0.39, 0.29) is 10.3 Å². The molecule has 0 bridgehead atoms. The molecule has 5 rings (SSSR count). The fourth-order valence-electron chi connectivity index (χ4n) is 5.52. The first kappa shape index (κ1) is 37.9. The van der Waals surface area contributed by atoms with Crippen LogP contribution < -0.4 is 0 Å². The van der Waals surface area contributed by atoms with E-state index in [2.05, 4.69) is 39.0 Å². The summed E-state index contributed by atoms with van der Waals surface area (Å²) in [6, 6.07) is 24.3. The SMILES string of the molecule is Cc1cc(SC(Cc2ccc(-c3ccc(C(F)(F)F)cc3)cc2)c2sc(-c3ccc(C(F)(F)F)cc3)nc2C)ccc1CC(C)(C)[Si](C)(C)O. The zero-order chi connectivity index (χ0) is 36.6. The fourth-order valence-corrected chi connectivity index (χ4v) is 8.75. The minimum Gasteiger partial charge on any atom is -0.432 e. The summed E-state index contributed by atoms with van der Waals surface area (Å²) < 4.78 is 78.9. The molecule has 0 saturated heterocycles. The van der Waals surface area contributed by atoms with Crippen molar-refractivity contribution >= 4 is 31.4 Å². The van der Waals surface area contributed by atoms with Gasteiger partial charge in [-0.1, -0.05) is 68.4 Å². The number of benzene rings is 4. The largest absolute Gasteiger partial charge is 0.432 e. The van der Waals surface area contributed by atoms with Crippen molar-refractivity contribution in [2.45, 2.75) is 81.2 Å². The monoisotopic (exact) mass is 743 g/mol. The summed E-state index contributed by atoms with van der Waals surface area (Å²) in [7, 11) is -2.41. The van der Waals surface area contributed by atoms with Crippen LogP contribution in [0.5, 0.6) is 0 Å². The van der Waals surface area contributed by atoms with Crippen molar-refractivity contribution in [3.05, 3.63) is 129 Å². The van der Waals surface area contributed by atoms with Gasteiger partial charge in [0.25, 0.3) is 0 Å². The second kappa shape index (κ2) is 14.3. The van der Waals surface area contributed by atoms with Gasteiger partial charge in [0.05, 0.1) is 16.8 Å². The lowest BCUT2D eigenvalue weighted by atomic mass is 9.98. The third-order valence-corrected chi connectivity index (χ3v) is 15.6. The Balaban J connectivity index is 1.45. The molecule has 1 N–H and O–H groups in total. The van der Waals surface area contributed by atoms with Crippen LogP contribution in [-0.4, -0.2) is 18.1 Å². The van der Waals surface area contributed by atoms with Crippen LogP contribution >= 0.6 is 23.1 Å². The van der Waals surface area contributed by atoms with Gasteiger partial charge in [0.15, 0.2) is 8.32 Å². The van der Waals surface area contributed by atoms with E-state index in [9.17, 15) is 31.1 Å². The molecule has 0 radical (unpaired) electrons. The average Bonchev–Trinajstić information content (AvgIpc) is 3.42. The van der Waals surface area contributed by atoms with E-state index in [4.69, 9.17) is 4.98 Å². The highest BCUT2D eigenvalue weighted by molar-refractivity contribution is 7.99. The molecule has 1 heterocycles. The minimum absolute atomic E-state index is 0.0851. The predicted molar refractivity (Wildman–Crippen MR) is 195 cm³/mol. The fraction of sp³-hybridized carbons (Fsp3) is 0.308. The van der Waals surface area contributed by atoms with Gasteiger partial charge in [-0.15, -0.1) is 23.1 Å². The summed E-state index contributed by atoms with van der Waals surface area (Å²) in [5.41, 5.74) is 4.82. The molecule has 0 aliphatic rings. The van der Waals surface area contributed by atoms with Crippen LogP contribution in [0.2, 0.25) is 18.1 Å². The van der Waals surface area contributed by atoms with Gasteiger partial charge in [-0.25, -0.2) is 4.98 Å². The van der Waals surface area contributed by atoms with Crippen LogP contribution in [0.15, 0.2) is 95.9 Å². The molecule has 0 spiro atoms. The van der Waals surface area contributed by atoms with Gasteiger partial charge in [-0.05, 0) is 109 Å². The molecular weight excluding hydrogens is 705 g/mol. The lowest BCUT2D eigenvalue weighted by molar-refractivity contribution is -0.138. The Morgan fingerprint density at radius 3 is 1.72 bits per heavy atom. The predicted octanol–water partition coefficient (Wildman–Crippen LogP) is 12.7. The summed E-state index contributed by atoms with van der Waals surface area (Å²) in [5.74, 6) is 0. The van der Waals surface area contributed by atoms with E-state index < -0.39 is 31.8 Å². The smallest absolute Gasteiger partial charge is 0.416 e. The molecule has 5 aromatic rings. The molecule has 1 unspecified atom stereocenters. The number of alkyl halides is 6. The van der Waals surface area contributed by atoms with Crippen molar-refractivity contribution in [1.82, 2.24) is 4.98 Å². The minimum atomic E-state index is -4.42. The van der Waals surface area contributed by atoms with Gasteiger partial charge in [0.1, 0.15) is 5.01 Å². The highest BCUT2D eigenvalue weighted by Crippen LogP contribution is 2.45. The molecule has 11 heteroatoms. The van der Waals surface area contributed by atoms with Crippen molar-refractivity contribution in [2.24, 2.45) is 0 Å². The van der Waals surface area contributed by atoms with Gasteiger partial charge >= 0.3 is 12.4 Å². The Morgan fingerprint density at radius 2 is 1.24 bits per heavy atom. The van der Waals surface area contributed by atoms with E-state index >= 15 is 0 Å². The lowest BCUT2D eigenvalue weighted by Crippen LogP contribution is -2.40. The first-order valence-electron chi connectivity index (χ1n) is 16.1. The zero-order valence-electron chi connectivity index (χ0n) is 28.6. The Morgan fingerprint density at radius 1 is 0.740 bits per heavy atom. The molecule has 4 aromatic carbocycles. The lowest BCUT2D eigenvalue weighted by Gasteiger charge is -2.35. The molecule has 0 saturated carbocycles. The molecule has 2 nitrogen and oxygen atoms in total. The zero-order valence-corrected chi connectivity index (χ0v) is 31.3. The highest BCUT2D eigenvalue weighted by atomic mass is 32.2. The molecule has 1 atom stereocenters. The molecule has 0 aliphatic carbocycles. The van der Waals surface area contributed by atoms with Crippen LogP contribution in [0.25, 0.3) is 21.7 Å². The van der Waals surface area contributed by atoms with Crippen molar-refractivity contribution in [3.8, 4) is 21.7 Å². The third kappa shape index (κ3) is 8.91. The maximum Gasteiger partial charge on any atom is 0.416 e. The van der Waals surface area contributed by atoms with E-state index in [1.807, 2.05) is 44.3 Å². The van der Waals surface area contributed by atoms with Crippen molar-refractivity contribution < 1.29 is 31.1 Å². The second-order valence-electron chi connectivity index (χ2n) is 13.8. The molecule has 1 aromatic heterocycles. The summed E-state index contributed by atoms with van der Waals surface area (Å²) >= 11 is 3.16. The van der Waals surface area contributed by atoms with Crippen LogP contribution in [0, 0.1) is 13.8 Å². The standard InChI is InChI=1S/C39H39F6NOS2Si/c1-24-21-33(20-15-30(24)23-37(3,4)50(5,6)47)48-34(35-25(2)46-36(49-35)29-13-18-32(19-14-29)39(43,44)45)22-26-7-9-27(10-8-26)28-11-16-31(17-12-28)38(40,41)42/h7-21,34,47H,22-23H2,1-6H3. The number of halogens is 6. The van der Waals surface area contributed by atoms with Gasteiger partial charge in [-0.3, -0.25) is 0 Å². The Hall–Kier alpha value is -3.38. The van der Waals surface area contributed by atoms with Crippen LogP contribution in [0.4, 0.5) is 26.3 Å². The number of rotatable bonds is 10. The first-order chi connectivity index (χ1) is 23.2. The maximum absolute atomic E-state index is 13.2. The molecule has 50 heavy (non-hydrogen) atoms. The van der Waals surface area contributed by atoms with Gasteiger partial charge in [-0.2, -0.15) is 26.3 Å². The number of thioether (sulfide) groups is 1. The Kier molecular flexibility index (Phi) is 10.8. The average molecular weight is 744 g/mol. The number of aromatic nitrogens is 1. The van der Waals surface area contributed by atoms with E-state index in [1.54, 1.807) is 11.8 Å². The maximum atomic E-state index is 13.2. The van der Waals surface area contributed by atoms with Crippen molar-refractivity contribution in [2.75, 3.05) is 0 Å². The summed E-state index contributed by atoms with van der Waals surface area (Å²) in [6.45, 7) is 12.1. The Labute approximate surface area is 298 Å². The van der Waals surface area contributed by atoms with Crippen LogP contribution in [0.1, 0.15) is 57.5 Å². The van der Waals surface area contributed by atoms with Gasteiger partial charge in [0.2, 0.25) is 0 Å². The van der Waals surface area contributed by atoms with Crippen LogP contribution in [-0.2, 0) is 25.2 Å². The van der Waals surface area contributed by atoms with E-state index in [0.29, 0.717) is 22.6 Å². The molecule has 264 valence electrons. The molecule has 0 aliphatic heterocycles. The number of aryl methyl sites for hydroxylation is 2. The summed E-state index contributed by atoms with van der Waals surface area (Å²) in [4.78, 5) is 17.7. The second-order valence-corrected chi connectivity index (χ2v) is 20.6. The van der Waals surface area contributed by atoms with Crippen molar-refractivity contribution in [1.29, 1.82) is 0 Å². The summed E-state index contributed by atoms with van der Waals surface area (Å²) in [6.07, 6.45) is -7.44. The third-order valence-electron chi connectivity index (χ3n) is 9.39. The van der Waals surface area contributed by atoms with Crippen LogP contribution in [0.3, 0.4) is 0 Å². The summed E-state index contributed by atoms with van der Waals surface area (Å²) in [5, 5.41) is 0.341. The normalized spacial score (nSPS) is 13.5. The number of hydrogen-bond donors (Lipinski definition) is 1. The van der Waals surface area contributed by atoms with Gasteiger partial charge < -0.3 is 4.80 Å². The topological polar surface area (TPSA) is 33.1 Å². The number of hydrogen-bond acceptors (Lipinski definition) is 4. The van der Waals surface area contributed by atoms with Crippen molar-refractivity contribution in [3.63, 3.8) is 0 Å².